The molecule has 12 nitrogen and oxygen atoms in total. The molecule has 0 N–H and O–H groups in total. The number of anilines is 1. The molecule has 2 amide bonds. The Kier molecular flexibility index (Phi) is 7.74. The lowest BCUT2D eigenvalue weighted by Gasteiger charge is -2.47. The maximum absolute atomic E-state index is 12.9. The van der Waals surface area contributed by atoms with Crippen molar-refractivity contribution in [3.63, 3.8) is 0 Å². The standard InChI is InChI=1S/C27H32F2N8O4/c1-17-21(37(33-30-17)19-7-5-18(6-8-19)25(28)29)16-40-23-10-9-22(31-32-23)35-14-20-13-34(26(39)41-27(2,3)4)11-12-36(20)24(38)15-35/h5-10,20,25H,11-16H2,1-4H3. The molecule has 0 spiro atoms. The van der Waals surface area contributed by atoms with Crippen LogP contribution in [0, 0.1) is 6.92 Å². The Balaban J connectivity index is 1.22. The minimum atomic E-state index is -2.55. The molecule has 2 aliphatic rings. The van der Waals surface area contributed by atoms with Gasteiger partial charge in [0.25, 0.3) is 6.43 Å². The topological polar surface area (TPSA) is 119 Å². The molecular formula is C27H32F2N8O4. The molecule has 14 heteroatoms. The van der Waals surface area contributed by atoms with Crippen molar-refractivity contribution in [2.24, 2.45) is 0 Å². The monoisotopic (exact) mass is 570 g/mol. The third-order valence-corrected chi connectivity index (χ3v) is 6.87. The van der Waals surface area contributed by atoms with Gasteiger partial charge < -0.3 is 24.2 Å². The molecule has 4 heterocycles. The summed E-state index contributed by atoms with van der Waals surface area (Å²) in [5, 5.41) is 16.6. The zero-order chi connectivity index (χ0) is 29.3. The number of hydrogen-bond donors (Lipinski definition) is 0. The number of benzene rings is 1. The van der Waals surface area contributed by atoms with Crippen molar-refractivity contribution in [3.05, 3.63) is 53.3 Å². The SMILES string of the molecule is Cc1nnn(-c2ccc(C(F)F)cc2)c1COc1ccc(N2CC(=O)N3CCN(C(=O)OC(C)(C)C)CC3C2)nn1. The Bertz CT molecular complexity index is 1390. The van der Waals surface area contributed by atoms with Crippen LogP contribution in [-0.4, -0.2) is 91.4 Å². The zero-order valence-corrected chi connectivity index (χ0v) is 23.3. The van der Waals surface area contributed by atoms with E-state index in [4.69, 9.17) is 9.47 Å². The van der Waals surface area contributed by atoms with Gasteiger partial charge in [-0.3, -0.25) is 4.79 Å². The Morgan fingerprint density at radius 3 is 2.46 bits per heavy atom. The number of hydrogen-bond acceptors (Lipinski definition) is 9. The molecule has 0 radical (unpaired) electrons. The van der Waals surface area contributed by atoms with Gasteiger partial charge in [0.2, 0.25) is 11.8 Å². The molecule has 2 saturated heterocycles. The highest BCUT2D eigenvalue weighted by atomic mass is 19.3. The Morgan fingerprint density at radius 2 is 1.80 bits per heavy atom. The summed E-state index contributed by atoms with van der Waals surface area (Å²) in [5.74, 6) is 0.736. The van der Waals surface area contributed by atoms with Crippen LogP contribution in [0.15, 0.2) is 36.4 Å². The maximum atomic E-state index is 12.9. The normalized spacial score (nSPS) is 17.6. The number of piperazine rings is 2. The highest BCUT2D eigenvalue weighted by molar-refractivity contribution is 5.83. The second-order valence-corrected chi connectivity index (χ2v) is 11.0. The molecule has 1 atom stereocenters. The van der Waals surface area contributed by atoms with E-state index < -0.39 is 12.0 Å². The van der Waals surface area contributed by atoms with Crippen LogP contribution < -0.4 is 9.64 Å². The van der Waals surface area contributed by atoms with Gasteiger partial charge in [-0.15, -0.1) is 15.3 Å². The molecule has 218 valence electrons. The molecule has 0 saturated carbocycles. The summed E-state index contributed by atoms with van der Waals surface area (Å²) in [6.07, 6.45) is -2.94. The van der Waals surface area contributed by atoms with Gasteiger partial charge in [-0.05, 0) is 45.9 Å². The van der Waals surface area contributed by atoms with Crippen LogP contribution in [0.5, 0.6) is 5.88 Å². The van der Waals surface area contributed by atoms with Gasteiger partial charge in [0.05, 0.1) is 24.0 Å². The van der Waals surface area contributed by atoms with Crippen molar-refractivity contribution in [1.29, 1.82) is 0 Å². The number of rotatable bonds is 6. The fourth-order valence-electron chi connectivity index (χ4n) is 4.79. The van der Waals surface area contributed by atoms with E-state index in [0.717, 1.165) is 0 Å². The quantitative estimate of drug-likeness (QED) is 0.440. The summed E-state index contributed by atoms with van der Waals surface area (Å²) in [6, 6.07) is 8.99. The van der Waals surface area contributed by atoms with Crippen LogP contribution in [0.3, 0.4) is 0 Å². The summed E-state index contributed by atoms with van der Waals surface area (Å²) < 4.78 is 38.7. The lowest BCUT2D eigenvalue weighted by atomic mass is 10.1. The van der Waals surface area contributed by atoms with Crippen molar-refractivity contribution >= 4 is 17.8 Å². The van der Waals surface area contributed by atoms with E-state index in [1.807, 2.05) is 30.6 Å². The van der Waals surface area contributed by atoms with Gasteiger partial charge >= 0.3 is 6.09 Å². The third-order valence-electron chi connectivity index (χ3n) is 6.87. The molecule has 3 aromatic rings. The first-order valence-electron chi connectivity index (χ1n) is 13.3. The first kappa shape index (κ1) is 28.2. The number of ether oxygens (including phenoxy) is 2. The second-order valence-electron chi connectivity index (χ2n) is 11.0. The molecule has 41 heavy (non-hydrogen) atoms. The van der Waals surface area contributed by atoms with Gasteiger partial charge in [-0.2, -0.15) is 0 Å². The van der Waals surface area contributed by atoms with E-state index in [-0.39, 0.29) is 42.6 Å². The van der Waals surface area contributed by atoms with Crippen molar-refractivity contribution in [2.45, 2.75) is 52.4 Å². The van der Waals surface area contributed by atoms with E-state index in [0.29, 0.717) is 49.1 Å². The van der Waals surface area contributed by atoms with Crippen LogP contribution in [0.1, 0.15) is 44.1 Å². The number of fused-ring (bicyclic) bond motifs is 1. The predicted molar refractivity (Wildman–Crippen MR) is 143 cm³/mol. The van der Waals surface area contributed by atoms with Gasteiger partial charge in [0.15, 0.2) is 5.82 Å². The molecule has 2 fully saturated rings. The lowest BCUT2D eigenvalue weighted by molar-refractivity contribution is -0.136. The summed E-state index contributed by atoms with van der Waals surface area (Å²) in [5.41, 5.74) is 1.16. The highest BCUT2D eigenvalue weighted by Gasteiger charge is 2.39. The number of carbonyl (C=O) groups is 2. The number of aryl methyl sites for hydroxylation is 1. The zero-order valence-electron chi connectivity index (χ0n) is 23.3. The van der Waals surface area contributed by atoms with Crippen LogP contribution in [-0.2, 0) is 16.1 Å². The Hall–Kier alpha value is -4.36. The van der Waals surface area contributed by atoms with E-state index >= 15 is 0 Å². The average Bonchev–Trinajstić information content (AvgIpc) is 3.31. The molecule has 1 unspecified atom stereocenters. The molecule has 5 rings (SSSR count). The van der Waals surface area contributed by atoms with Gasteiger partial charge in [-0.1, -0.05) is 17.3 Å². The first-order chi connectivity index (χ1) is 19.5. The van der Waals surface area contributed by atoms with Crippen LogP contribution in [0.25, 0.3) is 5.69 Å². The summed E-state index contributed by atoms with van der Waals surface area (Å²) >= 11 is 0. The van der Waals surface area contributed by atoms with Crippen molar-refractivity contribution in [1.82, 2.24) is 35.0 Å². The number of nitrogens with zero attached hydrogens (tertiary/aromatic N) is 8. The largest absolute Gasteiger partial charge is 0.470 e. The molecular weight excluding hydrogens is 538 g/mol. The smallest absolute Gasteiger partial charge is 0.410 e. The fraction of sp³-hybridized carbons (Fsp3) is 0.481. The molecule has 0 aliphatic carbocycles. The molecule has 2 aliphatic heterocycles. The van der Waals surface area contributed by atoms with Crippen molar-refractivity contribution in [2.75, 3.05) is 37.6 Å². The summed E-state index contributed by atoms with van der Waals surface area (Å²) in [6.45, 7) is 9.22. The van der Waals surface area contributed by atoms with Crippen molar-refractivity contribution in [3.8, 4) is 11.6 Å². The predicted octanol–water partition coefficient (Wildman–Crippen LogP) is 3.15. The Morgan fingerprint density at radius 1 is 1.05 bits per heavy atom. The number of halogens is 2. The number of aromatic nitrogens is 5. The maximum Gasteiger partial charge on any atom is 0.410 e. The highest BCUT2D eigenvalue weighted by Crippen LogP contribution is 2.24. The van der Waals surface area contributed by atoms with E-state index in [1.54, 1.807) is 36.1 Å². The first-order valence-corrected chi connectivity index (χ1v) is 13.3. The van der Waals surface area contributed by atoms with Gasteiger partial charge in [0, 0.05) is 37.8 Å². The van der Waals surface area contributed by atoms with E-state index in [1.165, 1.54) is 16.8 Å². The van der Waals surface area contributed by atoms with Crippen LogP contribution >= 0.6 is 0 Å². The van der Waals surface area contributed by atoms with Gasteiger partial charge in [-0.25, -0.2) is 18.3 Å². The van der Waals surface area contributed by atoms with E-state index in [9.17, 15) is 18.4 Å². The average molecular weight is 571 g/mol. The Labute approximate surface area is 235 Å². The number of alkyl halides is 2. The fourth-order valence-corrected chi connectivity index (χ4v) is 4.79. The summed E-state index contributed by atoms with van der Waals surface area (Å²) in [4.78, 5) is 30.7. The minimum Gasteiger partial charge on any atom is -0.470 e. The van der Waals surface area contributed by atoms with Gasteiger partial charge in [0.1, 0.15) is 17.9 Å². The van der Waals surface area contributed by atoms with Crippen LogP contribution in [0.4, 0.5) is 19.4 Å². The number of amides is 2. The van der Waals surface area contributed by atoms with Crippen molar-refractivity contribution < 1.29 is 27.8 Å². The van der Waals surface area contributed by atoms with Crippen LogP contribution in [0.2, 0.25) is 0 Å². The minimum absolute atomic E-state index is 0.0370. The molecule has 2 aromatic heterocycles. The number of carbonyl (C=O) groups excluding carboxylic acids is 2. The van der Waals surface area contributed by atoms with E-state index in [2.05, 4.69) is 20.5 Å². The molecule has 1 aromatic carbocycles. The molecule has 0 bridgehead atoms. The third kappa shape index (κ3) is 6.36. The second kappa shape index (κ2) is 11.3. The lowest BCUT2D eigenvalue weighted by Crippen LogP contribution is -2.65. The summed E-state index contributed by atoms with van der Waals surface area (Å²) in [7, 11) is 0.